The fourth-order valence-electron chi connectivity index (χ4n) is 1.47. The van der Waals surface area contributed by atoms with Gasteiger partial charge in [0.1, 0.15) is 5.56 Å². The van der Waals surface area contributed by atoms with Crippen LogP contribution < -0.4 is 5.56 Å². The van der Waals surface area contributed by atoms with Gasteiger partial charge in [0.2, 0.25) is 0 Å². The normalized spacial score (nSPS) is 16.7. The Morgan fingerprint density at radius 2 is 2.07 bits per heavy atom. The molecule has 1 saturated carbocycles. The molecule has 0 spiro atoms. The number of aromatic nitrogens is 1. The predicted octanol–water partition coefficient (Wildman–Crippen LogP) is 2.28. The van der Waals surface area contributed by atoms with Crippen molar-refractivity contribution < 1.29 is 13.2 Å². The molecule has 0 amide bonds. The molecule has 0 aromatic carbocycles. The molecule has 1 aliphatic rings. The maximum Gasteiger partial charge on any atom is 0.421 e. The third kappa shape index (κ3) is 2.22. The monoisotopic (exact) mass is 217 g/mol. The van der Waals surface area contributed by atoms with E-state index in [4.69, 9.17) is 0 Å². The molecule has 0 N–H and O–H groups in total. The van der Waals surface area contributed by atoms with Gasteiger partial charge in [0, 0.05) is 12.7 Å². The minimum absolute atomic E-state index is 0.381. The molecule has 2 rings (SSSR count). The van der Waals surface area contributed by atoms with Gasteiger partial charge in [-0.3, -0.25) is 4.79 Å². The first-order valence-corrected chi connectivity index (χ1v) is 4.75. The van der Waals surface area contributed by atoms with Gasteiger partial charge in [-0.05, 0) is 30.9 Å². The molecule has 0 aliphatic heterocycles. The summed E-state index contributed by atoms with van der Waals surface area (Å²) in [4.78, 5) is 11.4. The van der Waals surface area contributed by atoms with Crippen molar-refractivity contribution in [3.63, 3.8) is 0 Å². The average molecular weight is 217 g/mol. The topological polar surface area (TPSA) is 22.0 Å². The maximum absolute atomic E-state index is 12.4. The number of pyridine rings is 1. The van der Waals surface area contributed by atoms with E-state index in [0.717, 1.165) is 23.5 Å². The smallest absolute Gasteiger partial charge is 0.315 e. The molecule has 82 valence electrons. The summed E-state index contributed by atoms with van der Waals surface area (Å²) in [5.41, 5.74) is -2.01. The molecule has 2 nitrogen and oxygen atoms in total. The zero-order valence-electron chi connectivity index (χ0n) is 7.92. The Morgan fingerprint density at radius 1 is 1.40 bits per heavy atom. The second-order valence-electron chi connectivity index (χ2n) is 3.82. The largest absolute Gasteiger partial charge is 0.421 e. The van der Waals surface area contributed by atoms with Gasteiger partial charge in [0.15, 0.2) is 0 Å². The predicted molar refractivity (Wildman–Crippen MR) is 48.4 cm³/mol. The highest BCUT2D eigenvalue weighted by atomic mass is 19.4. The quantitative estimate of drug-likeness (QED) is 0.744. The number of alkyl halides is 3. The Hall–Kier alpha value is -1.26. The zero-order chi connectivity index (χ0) is 11.1. The van der Waals surface area contributed by atoms with E-state index in [0.29, 0.717) is 12.5 Å². The van der Waals surface area contributed by atoms with E-state index in [1.807, 2.05) is 0 Å². The summed E-state index contributed by atoms with van der Waals surface area (Å²) in [5, 5.41) is 0. The number of hydrogen-bond acceptors (Lipinski definition) is 1. The van der Waals surface area contributed by atoms with Crippen molar-refractivity contribution in [3.8, 4) is 0 Å². The SMILES string of the molecule is O=c1c(C(F)(F)F)cccn1CC1CC1. The van der Waals surface area contributed by atoms with Crippen LogP contribution in [0.1, 0.15) is 18.4 Å². The van der Waals surface area contributed by atoms with E-state index < -0.39 is 17.3 Å². The molecule has 1 aromatic heterocycles. The van der Waals surface area contributed by atoms with Crippen LogP contribution in [0.15, 0.2) is 23.1 Å². The molecule has 0 atom stereocenters. The van der Waals surface area contributed by atoms with E-state index in [9.17, 15) is 18.0 Å². The van der Waals surface area contributed by atoms with Gasteiger partial charge >= 0.3 is 6.18 Å². The molecule has 0 saturated heterocycles. The Kier molecular flexibility index (Phi) is 2.32. The van der Waals surface area contributed by atoms with E-state index in [1.165, 1.54) is 12.3 Å². The molecule has 0 radical (unpaired) electrons. The molecule has 5 heteroatoms. The van der Waals surface area contributed by atoms with Crippen LogP contribution in [0.4, 0.5) is 13.2 Å². The summed E-state index contributed by atoms with van der Waals surface area (Å²) in [6.07, 6.45) is -1.13. The van der Waals surface area contributed by atoms with Gasteiger partial charge in [-0.1, -0.05) is 0 Å². The lowest BCUT2D eigenvalue weighted by atomic mass is 10.2. The van der Waals surface area contributed by atoms with Crippen molar-refractivity contribution in [1.82, 2.24) is 4.57 Å². The summed E-state index contributed by atoms with van der Waals surface area (Å²) in [6, 6.07) is 2.10. The van der Waals surface area contributed by atoms with Crippen LogP contribution in [0, 0.1) is 5.92 Å². The van der Waals surface area contributed by atoms with Crippen molar-refractivity contribution in [3.05, 3.63) is 34.2 Å². The van der Waals surface area contributed by atoms with E-state index in [-0.39, 0.29) is 0 Å². The van der Waals surface area contributed by atoms with Crippen molar-refractivity contribution >= 4 is 0 Å². The first-order chi connectivity index (χ1) is 6.98. The molecular weight excluding hydrogens is 207 g/mol. The van der Waals surface area contributed by atoms with Crippen LogP contribution in [-0.4, -0.2) is 4.57 Å². The molecule has 0 bridgehead atoms. The minimum atomic E-state index is -4.55. The fourth-order valence-corrected chi connectivity index (χ4v) is 1.47. The average Bonchev–Trinajstić information content (AvgIpc) is 2.90. The van der Waals surface area contributed by atoms with Crippen molar-refractivity contribution in [2.24, 2.45) is 5.92 Å². The highest BCUT2D eigenvalue weighted by molar-refractivity contribution is 5.14. The molecule has 1 heterocycles. The van der Waals surface area contributed by atoms with Crippen molar-refractivity contribution in [1.29, 1.82) is 0 Å². The van der Waals surface area contributed by atoms with Crippen LogP contribution in [-0.2, 0) is 12.7 Å². The summed E-state index contributed by atoms with van der Waals surface area (Å²) >= 11 is 0. The zero-order valence-corrected chi connectivity index (χ0v) is 7.92. The van der Waals surface area contributed by atoms with E-state index in [1.54, 1.807) is 0 Å². The van der Waals surface area contributed by atoms with Gasteiger partial charge in [-0.15, -0.1) is 0 Å². The van der Waals surface area contributed by atoms with Crippen LogP contribution in [0.25, 0.3) is 0 Å². The Labute approximate surface area is 84.3 Å². The van der Waals surface area contributed by atoms with E-state index >= 15 is 0 Å². The van der Waals surface area contributed by atoms with E-state index in [2.05, 4.69) is 0 Å². The third-order valence-electron chi connectivity index (χ3n) is 2.48. The van der Waals surface area contributed by atoms with Crippen LogP contribution in [0.2, 0.25) is 0 Å². The van der Waals surface area contributed by atoms with Gasteiger partial charge < -0.3 is 4.57 Å². The Morgan fingerprint density at radius 3 is 2.60 bits per heavy atom. The van der Waals surface area contributed by atoms with Crippen LogP contribution in [0.3, 0.4) is 0 Å². The standard InChI is InChI=1S/C10H10F3NO/c11-10(12,13)8-2-1-5-14(9(8)15)6-7-3-4-7/h1-2,5,7H,3-4,6H2. The van der Waals surface area contributed by atoms with Gasteiger partial charge in [-0.2, -0.15) is 13.2 Å². The number of nitrogens with zero attached hydrogens (tertiary/aromatic N) is 1. The van der Waals surface area contributed by atoms with Crippen molar-refractivity contribution in [2.45, 2.75) is 25.6 Å². The Balaban J connectivity index is 2.36. The lowest BCUT2D eigenvalue weighted by molar-refractivity contribution is -0.139. The number of rotatable bonds is 2. The fraction of sp³-hybridized carbons (Fsp3) is 0.500. The van der Waals surface area contributed by atoms with Gasteiger partial charge in [-0.25, -0.2) is 0 Å². The van der Waals surface area contributed by atoms with Crippen LogP contribution >= 0.6 is 0 Å². The lowest BCUT2D eigenvalue weighted by Gasteiger charge is -2.09. The Bertz CT molecular complexity index is 417. The highest BCUT2D eigenvalue weighted by Gasteiger charge is 2.34. The molecular formula is C10H10F3NO. The summed E-state index contributed by atoms with van der Waals surface area (Å²) < 4.78 is 38.3. The second kappa shape index (κ2) is 3.40. The summed E-state index contributed by atoms with van der Waals surface area (Å²) in [6.45, 7) is 0.406. The number of hydrogen-bond donors (Lipinski definition) is 0. The molecule has 0 unspecified atom stereocenters. The molecule has 1 aliphatic carbocycles. The van der Waals surface area contributed by atoms with Crippen molar-refractivity contribution in [2.75, 3.05) is 0 Å². The highest BCUT2D eigenvalue weighted by Crippen LogP contribution is 2.30. The number of halogens is 3. The molecule has 1 fully saturated rings. The molecule has 1 aromatic rings. The third-order valence-corrected chi connectivity index (χ3v) is 2.48. The first kappa shape index (κ1) is 10.3. The lowest BCUT2D eigenvalue weighted by Crippen LogP contribution is -2.28. The van der Waals surface area contributed by atoms with Crippen LogP contribution in [0.5, 0.6) is 0 Å². The van der Waals surface area contributed by atoms with Gasteiger partial charge in [0.25, 0.3) is 5.56 Å². The molecule has 15 heavy (non-hydrogen) atoms. The summed E-state index contributed by atoms with van der Waals surface area (Å²) in [7, 11) is 0. The first-order valence-electron chi connectivity index (χ1n) is 4.75. The minimum Gasteiger partial charge on any atom is -0.315 e. The maximum atomic E-state index is 12.4. The second-order valence-corrected chi connectivity index (χ2v) is 3.82. The van der Waals surface area contributed by atoms with Gasteiger partial charge in [0.05, 0.1) is 0 Å². The summed E-state index contributed by atoms with van der Waals surface area (Å²) in [5.74, 6) is 0.381.